The molecule has 0 aliphatic carbocycles. The Balaban J connectivity index is 1.80. The van der Waals surface area contributed by atoms with Gasteiger partial charge in [-0.15, -0.1) is 5.10 Å². The second-order valence-electron chi connectivity index (χ2n) is 4.52. The Labute approximate surface area is 116 Å². The average molecular weight is 276 g/mol. The third-order valence-corrected chi connectivity index (χ3v) is 3.00. The molecule has 3 rings (SSSR count). The lowest BCUT2D eigenvalue weighted by Crippen LogP contribution is -2.05. The van der Waals surface area contributed by atoms with Crippen LogP contribution in [0.5, 0.6) is 17.2 Å². The molecule has 1 aromatic carbocycles. The standard InChI is InChI=1S/C13H16N4O3/c1-17-6-10(15-16-17)7-18-11-5-13-12(19-8-20-13)4-9(11)2-3-14/h4-6H,2-3,7-8,14H2,1H3. The van der Waals surface area contributed by atoms with Gasteiger partial charge in [-0.3, -0.25) is 4.68 Å². The molecule has 106 valence electrons. The van der Waals surface area contributed by atoms with Crippen LogP contribution in [0.4, 0.5) is 0 Å². The molecule has 0 bridgehead atoms. The maximum absolute atomic E-state index is 5.81. The molecule has 1 aliphatic heterocycles. The van der Waals surface area contributed by atoms with Crippen LogP contribution in [0.3, 0.4) is 0 Å². The molecule has 2 N–H and O–H groups in total. The fourth-order valence-corrected chi connectivity index (χ4v) is 2.06. The van der Waals surface area contributed by atoms with Crippen LogP contribution in [0.2, 0.25) is 0 Å². The van der Waals surface area contributed by atoms with Gasteiger partial charge in [0, 0.05) is 13.1 Å². The van der Waals surface area contributed by atoms with Gasteiger partial charge >= 0.3 is 0 Å². The first-order chi connectivity index (χ1) is 9.76. The minimum absolute atomic E-state index is 0.241. The highest BCUT2D eigenvalue weighted by atomic mass is 16.7. The van der Waals surface area contributed by atoms with Crippen LogP contribution in [0, 0.1) is 0 Å². The largest absolute Gasteiger partial charge is 0.487 e. The van der Waals surface area contributed by atoms with E-state index in [-0.39, 0.29) is 6.79 Å². The molecule has 0 atom stereocenters. The van der Waals surface area contributed by atoms with Crippen LogP contribution in [-0.2, 0) is 20.1 Å². The van der Waals surface area contributed by atoms with Gasteiger partial charge in [0.25, 0.3) is 0 Å². The Kier molecular flexibility index (Phi) is 3.42. The molecule has 1 aromatic heterocycles. The molecular formula is C13H16N4O3. The van der Waals surface area contributed by atoms with Crippen molar-refractivity contribution >= 4 is 0 Å². The summed E-state index contributed by atoms with van der Waals surface area (Å²) in [5, 5.41) is 7.85. The fourth-order valence-electron chi connectivity index (χ4n) is 2.06. The van der Waals surface area contributed by atoms with E-state index in [1.54, 1.807) is 4.68 Å². The van der Waals surface area contributed by atoms with Gasteiger partial charge in [-0.1, -0.05) is 5.21 Å². The molecule has 0 amide bonds. The first kappa shape index (κ1) is 12.7. The summed E-state index contributed by atoms with van der Waals surface area (Å²) < 4.78 is 18.2. The van der Waals surface area contributed by atoms with Crippen LogP contribution in [0.15, 0.2) is 18.3 Å². The predicted octanol–water partition coefficient (Wildman–Crippen LogP) is 0.624. The number of fused-ring (bicyclic) bond motifs is 1. The number of ether oxygens (including phenoxy) is 3. The van der Waals surface area contributed by atoms with E-state index in [1.807, 2.05) is 25.4 Å². The van der Waals surface area contributed by atoms with E-state index in [9.17, 15) is 0 Å². The summed E-state index contributed by atoms with van der Waals surface area (Å²) in [4.78, 5) is 0. The Morgan fingerprint density at radius 2 is 2.15 bits per heavy atom. The molecule has 20 heavy (non-hydrogen) atoms. The molecule has 0 radical (unpaired) electrons. The Morgan fingerprint density at radius 1 is 1.35 bits per heavy atom. The monoisotopic (exact) mass is 276 g/mol. The smallest absolute Gasteiger partial charge is 0.231 e. The number of aromatic nitrogens is 3. The molecule has 7 nitrogen and oxygen atoms in total. The Hall–Kier alpha value is -2.28. The first-order valence-corrected chi connectivity index (χ1v) is 6.37. The summed E-state index contributed by atoms with van der Waals surface area (Å²) >= 11 is 0. The van der Waals surface area contributed by atoms with Crippen molar-refractivity contribution in [3.63, 3.8) is 0 Å². The van der Waals surface area contributed by atoms with Gasteiger partial charge in [-0.05, 0) is 24.6 Å². The summed E-state index contributed by atoms with van der Waals surface area (Å²) in [5.41, 5.74) is 7.40. The van der Waals surface area contributed by atoms with Gasteiger partial charge in [0.05, 0.1) is 6.20 Å². The van der Waals surface area contributed by atoms with E-state index in [1.165, 1.54) is 0 Å². The Bertz CT molecular complexity index is 612. The lowest BCUT2D eigenvalue weighted by Gasteiger charge is -2.11. The van der Waals surface area contributed by atoms with Crippen LogP contribution >= 0.6 is 0 Å². The molecule has 0 saturated heterocycles. The molecule has 0 unspecified atom stereocenters. The first-order valence-electron chi connectivity index (χ1n) is 6.37. The highest BCUT2D eigenvalue weighted by Gasteiger charge is 2.18. The number of nitrogens with zero attached hydrogens (tertiary/aromatic N) is 3. The van der Waals surface area contributed by atoms with E-state index < -0.39 is 0 Å². The molecule has 1 aliphatic rings. The van der Waals surface area contributed by atoms with Gasteiger partial charge in [0.2, 0.25) is 6.79 Å². The topological polar surface area (TPSA) is 84.4 Å². The highest BCUT2D eigenvalue weighted by Crippen LogP contribution is 2.38. The van der Waals surface area contributed by atoms with E-state index in [0.717, 1.165) is 22.8 Å². The summed E-state index contributed by atoms with van der Waals surface area (Å²) in [5.74, 6) is 2.17. The summed E-state index contributed by atoms with van der Waals surface area (Å²) in [7, 11) is 1.82. The zero-order valence-electron chi connectivity index (χ0n) is 11.2. The van der Waals surface area contributed by atoms with Crippen molar-refractivity contribution < 1.29 is 14.2 Å². The molecular weight excluding hydrogens is 260 g/mol. The zero-order valence-corrected chi connectivity index (χ0v) is 11.2. The van der Waals surface area contributed by atoms with Crippen molar-refractivity contribution in [2.24, 2.45) is 12.8 Å². The average Bonchev–Trinajstić information content (AvgIpc) is 3.04. The molecule has 2 heterocycles. The van der Waals surface area contributed by atoms with Crippen LogP contribution < -0.4 is 19.9 Å². The van der Waals surface area contributed by atoms with Crippen molar-refractivity contribution in [3.05, 3.63) is 29.6 Å². The summed E-state index contributed by atoms with van der Waals surface area (Å²) in [6.45, 7) is 1.14. The van der Waals surface area contributed by atoms with Gasteiger partial charge in [-0.25, -0.2) is 0 Å². The van der Waals surface area contributed by atoms with E-state index in [4.69, 9.17) is 19.9 Å². The second kappa shape index (κ2) is 5.38. The fraction of sp³-hybridized carbons (Fsp3) is 0.385. The normalized spacial score (nSPS) is 12.7. The van der Waals surface area contributed by atoms with Crippen molar-refractivity contribution in [1.29, 1.82) is 0 Å². The molecule has 0 saturated carbocycles. The Morgan fingerprint density at radius 3 is 2.85 bits per heavy atom. The van der Waals surface area contributed by atoms with E-state index in [2.05, 4.69) is 10.3 Å². The SMILES string of the molecule is Cn1cc(COc2cc3c(cc2CCN)OCO3)nn1. The van der Waals surface area contributed by atoms with Crippen LogP contribution in [0.25, 0.3) is 0 Å². The quantitative estimate of drug-likeness (QED) is 0.862. The van der Waals surface area contributed by atoms with Gasteiger partial charge < -0.3 is 19.9 Å². The number of hydrogen-bond acceptors (Lipinski definition) is 6. The minimum atomic E-state index is 0.241. The third kappa shape index (κ3) is 2.53. The maximum Gasteiger partial charge on any atom is 0.231 e. The zero-order chi connectivity index (χ0) is 13.9. The number of rotatable bonds is 5. The number of hydrogen-bond donors (Lipinski definition) is 1. The van der Waals surface area contributed by atoms with Crippen molar-refractivity contribution in [2.45, 2.75) is 13.0 Å². The maximum atomic E-state index is 5.81. The number of nitrogens with two attached hydrogens (primary N) is 1. The summed E-state index contributed by atoms with van der Waals surface area (Å²) in [6, 6.07) is 3.75. The van der Waals surface area contributed by atoms with Crippen molar-refractivity contribution in [1.82, 2.24) is 15.0 Å². The lowest BCUT2D eigenvalue weighted by molar-refractivity contribution is 0.173. The minimum Gasteiger partial charge on any atom is -0.487 e. The van der Waals surface area contributed by atoms with Gasteiger partial charge in [-0.2, -0.15) is 0 Å². The van der Waals surface area contributed by atoms with Gasteiger partial charge in [0.15, 0.2) is 11.5 Å². The number of aryl methyl sites for hydroxylation is 1. The van der Waals surface area contributed by atoms with Crippen LogP contribution in [-0.4, -0.2) is 28.3 Å². The lowest BCUT2D eigenvalue weighted by atomic mass is 10.1. The van der Waals surface area contributed by atoms with E-state index in [0.29, 0.717) is 25.3 Å². The molecule has 0 fully saturated rings. The summed E-state index contributed by atoms with van der Waals surface area (Å²) in [6.07, 6.45) is 2.53. The number of benzene rings is 1. The van der Waals surface area contributed by atoms with E-state index >= 15 is 0 Å². The van der Waals surface area contributed by atoms with Crippen molar-refractivity contribution in [3.8, 4) is 17.2 Å². The second-order valence-corrected chi connectivity index (χ2v) is 4.52. The van der Waals surface area contributed by atoms with Gasteiger partial charge in [0.1, 0.15) is 18.1 Å². The highest BCUT2D eigenvalue weighted by molar-refractivity contribution is 5.52. The van der Waals surface area contributed by atoms with Crippen LogP contribution in [0.1, 0.15) is 11.3 Å². The predicted molar refractivity (Wildman–Crippen MR) is 70.7 cm³/mol. The molecule has 7 heteroatoms. The molecule has 0 spiro atoms. The third-order valence-electron chi connectivity index (χ3n) is 3.00. The molecule has 2 aromatic rings. The van der Waals surface area contributed by atoms with Crippen molar-refractivity contribution in [2.75, 3.05) is 13.3 Å².